The molecule has 116 valence electrons. The Morgan fingerprint density at radius 1 is 1.05 bits per heavy atom. The van der Waals surface area contributed by atoms with Crippen molar-refractivity contribution in [1.82, 2.24) is 5.32 Å². The van der Waals surface area contributed by atoms with E-state index in [2.05, 4.69) is 5.32 Å². The molecule has 0 spiro atoms. The van der Waals surface area contributed by atoms with E-state index in [0.717, 1.165) is 11.3 Å². The summed E-state index contributed by atoms with van der Waals surface area (Å²) >= 11 is 0. The van der Waals surface area contributed by atoms with Gasteiger partial charge in [-0.2, -0.15) is 0 Å². The molecule has 1 unspecified atom stereocenters. The van der Waals surface area contributed by atoms with Crippen molar-refractivity contribution in [1.29, 1.82) is 0 Å². The number of hydrogen-bond acceptors (Lipinski definition) is 3. The zero-order valence-corrected chi connectivity index (χ0v) is 13.1. The van der Waals surface area contributed by atoms with Gasteiger partial charge in [0.15, 0.2) is 6.10 Å². The molecular formula is C18H21NO3. The van der Waals surface area contributed by atoms with Crippen LogP contribution in [0.4, 0.5) is 0 Å². The van der Waals surface area contributed by atoms with Crippen LogP contribution in [0.1, 0.15) is 18.1 Å². The van der Waals surface area contributed by atoms with Crippen molar-refractivity contribution in [3.05, 3.63) is 59.7 Å². The van der Waals surface area contributed by atoms with Crippen molar-refractivity contribution in [3.63, 3.8) is 0 Å². The highest BCUT2D eigenvalue weighted by Gasteiger charge is 2.14. The monoisotopic (exact) mass is 299 g/mol. The van der Waals surface area contributed by atoms with Crippen LogP contribution in [0.15, 0.2) is 48.5 Å². The summed E-state index contributed by atoms with van der Waals surface area (Å²) in [5, 5.41) is 2.87. The van der Waals surface area contributed by atoms with Crippen LogP contribution in [0.25, 0.3) is 0 Å². The Labute approximate surface area is 131 Å². The average Bonchev–Trinajstić information content (AvgIpc) is 2.54. The standard InChI is InChI=1S/C18H21NO3/c1-13-4-6-15(7-5-13)12-19-18(20)14(2)22-17-10-8-16(21-3)9-11-17/h4-11,14H,12H2,1-3H3,(H,19,20). The van der Waals surface area contributed by atoms with Crippen molar-refractivity contribution in [2.24, 2.45) is 0 Å². The number of carbonyl (C=O) groups is 1. The minimum Gasteiger partial charge on any atom is -0.497 e. The molecule has 1 N–H and O–H groups in total. The molecule has 2 aromatic carbocycles. The molecule has 0 heterocycles. The number of methoxy groups -OCH3 is 1. The first-order chi connectivity index (χ1) is 10.6. The fourth-order valence-corrected chi connectivity index (χ4v) is 1.95. The van der Waals surface area contributed by atoms with Crippen molar-refractivity contribution >= 4 is 5.91 Å². The van der Waals surface area contributed by atoms with E-state index < -0.39 is 6.10 Å². The second kappa shape index (κ2) is 7.50. The summed E-state index contributed by atoms with van der Waals surface area (Å²) in [6.45, 7) is 4.26. The number of amides is 1. The zero-order valence-electron chi connectivity index (χ0n) is 13.1. The molecule has 4 heteroatoms. The van der Waals surface area contributed by atoms with E-state index in [1.54, 1.807) is 38.3 Å². The SMILES string of the molecule is COc1ccc(OC(C)C(=O)NCc2ccc(C)cc2)cc1. The van der Waals surface area contributed by atoms with Crippen LogP contribution >= 0.6 is 0 Å². The molecule has 1 atom stereocenters. The summed E-state index contributed by atoms with van der Waals surface area (Å²) in [4.78, 5) is 12.0. The first-order valence-electron chi connectivity index (χ1n) is 7.22. The number of nitrogens with one attached hydrogen (secondary N) is 1. The molecule has 2 aromatic rings. The van der Waals surface area contributed by atoms with Crippen LogP contribution in [0.5, 0.6) is 11.5 Å². The maximum absolute atomic E-state index is 12.0. The lowest BCUT2D eigenvalue weighted by atomic mass is 10.1. The van der Waals surface area contributed by atoms with E-state index in [0.29, 0.717) is 12.3 Å². The maximum Gasteiger partial charge on any atom is 0.261 e. The molecule has 22 heavy (non-hydrogen) atoms. The van der Waals surface area contributed by atoms with Gasteiger partial charge in [0, 0.05) is 6.54 Å². The molecule has 0 saturated heterocycles. The smallest absolute Gasteiger partial charge is 0.261 e. The Hall–Kier alpha value is -2.49. The lowest BCUT2D eigenvalue weighted by molar-refractivity contribution is -0.127. The van der Waals surface area contributed by atoms with E-state index in [4.69, 9.17) is 9.47 Å². The minimum absolute atomic E-state index is 0.142. The molecule has 0 bridgehead atoms. The molecule has 0 saturated carbocycles. The van der Waals surface area contributed by atoms with Gasteiger partial charge in [-0.3, -0.25) is 4.79 Å². The van der Waals surface area contributed by atoms with Gasteiger partial charge in [0.1, 0.15) is 11.5 Å². The Bertz CT molecular complexity index is 605. The predicted molar refractivity (Wildman–Crippen MR) is 86.1 cm³/mol. The molecule has 0 aromatic heterocycles. The van der Waals surface area contributed by atoms with Crippen molar-refractivity contribution in [2.45, 2.75) is 26.5 Å². The van der Waals surface area contributed by atoms with E-state index in [1.807, 2.05) is 31.2 Å². The number of benzene rings is 2. The van der Waals surface area contributed by atoms with Crippen molar-refractivity contribution in [3.8, 4) is 11.5 Å². The third-order valence-electron chi connectivity index (χ3n) is 3.33. The second-order valence-corrected chi connectivity index (χ2v) is 5.14. The molecule has 0 aliphatic rings. The van der Waals surface area contributed by atoms with Gasteiger partial charge in [-0.05, 0) is 43.7 Å². The van der Waals surface area contributed by atoms with Gasteiger partial charge in [-0.15, -0.1) is 0 Å². The molecule has 4 nitrogen and oxygen atoms in total. The topological polar surface area (TPSA) is 47.6 Å². The van der Waals surface area contributed by atoms with Gasteiger partial charge in [-0.1, -0.05) is 29.8 Å². The highest BCUT2D eigenvalue weighted by Crippen LogP contribution is 2.18. The lowest BCUT2D eigenvalue weighted by Gasteiger charge is -2.15. The molecule has 1 amide bonds. The van der Waals surface area contributed by atoms with Crippen LogP contribution in [-0.2, 0) is 11.3 Å². The van der Waals surface area contributed by atoms with E-state index in [9.17, 15) is 4.79 Å². The third-order valence-corrected chi connectivity index (χ3v) is 3.33. The molecular weight excluding hydrogens is 278 g/mol. The number of ether oxygens (including phenoxy) is 2. The predicted octanol–water partition coefficient (Wildman–Crippen LogP) is 3.09. The van der Waals surface area contributed by atoms with Crippen LogP contribution in [0.3, 0.4) is 0 Å². The van der Waals surface area contributed by atoms with Crippen LogP contribution in [-0.4, -0.2) is 19.1 Å². The minimum atomic E-state index is -0.557. The summed E-state index contributed by atoms with van der Waals surface area (Å²) in [7, 11) is 1.61. The fourth-order valence-electron chi connectivity index (χ4n) is 1.95. The van der Waals surface area contributed by atoms with Gasteiger partial charge in [0.25, 0.3) is 5.91 Å². The zero-order chi connectivity index (χ0) is 15.9. The number of aryl methyl sites for hydroxylation is 1. The number of hydrogen-bond donors (Lipinski definition) is 1. The van der Waals surface area contributed by atoms with Crippen LogP contribution in [0.2, 0.25) is 0 Å². The van der Waals surface area contributed by atoms with E-state index >= 15 is 0 Å². The molecule has 0 aliphatic heterocycles. The Morgan fingerprint density at radius 2 is 1.64 bits per heavy atom. The normalized spacial score (nSPS) is 11.6. The van der Waals surface area contributed by atoms with E-state index in [-0.39, 0.29) is 5.91 Å². The Balaban J connectivity index is 1.84. The highest BCUT2D eigenvalue weighted by atomic mass is 16.5. The number of carbonyl (C=O) groups excluding carboxylic acids is 1. The van der Waals surface area contributed by atoms with Gasteiger partial charge in [0.2, 0.25) is 0 Å². The fraction of sp³-hybridized carbons (Fsp3) is 0.278. The summed E-state index contributed by atoms with van der Waals surface area (Å²) in [6.07, 6.45) is -0.557. The quantitative estimate of drug-likeness (QED) is 0.891. The van der Waals surface area contributed by atoms with Gasteiger partial charge in [-0.25, -0.2) is 0 Å². The Morgan fingerprint density at radius 3 is 2.23 bits per heavy atom. The number of rotatable bonds is 6. The summed E-state index contributed by atoms with van der Waals surface area (Å²) in [5.41, 5.74) is 2.27. The van der Waals surface area contributed by atoms with Gasteiger partial charge < -0.3 is 14.8 Å². The first kappa shape index (κ1) is 15.9. The molecule has 0 fully saturated rings. The summed E-state index contributed by atoms with van der Waals surface area (Å²) in [5.74, 6) is 1.25. The van der Waals surface area contributed by atoms with E-state index in [1.165, 1.54) is 5.56 Å². The first-order valence-corrected chi connectivity index (χ1v) is 7.22. The molecule has 0 aliphatic carbocycles. The molecule has 2 rings (SSSR count). The van der Waals surface area contributed by atoms with Crippen LogP contribution in [0, 0.1) is 6.92 Å². The average molecular weight is 299 g/mol. The Kier molecular flexibility index (Phi) is 5.42. The highest BCUT2D eigenvalue weighted by molar-refractivity contribution is 5.80. The maximum atomic E-state index is 12.0. The summed E-state index contributed by atoms with van der Waals surface area (Å²) in [6, 6.07) is 15.2. The summed E-state index contributed by atoms with van der Waals surface area (Å²) < 4.78 is 10.7. The largest absolute Gasteiger partial charge is 0.497 e. The third kappa shape index (κ3) is 4.52. The van der Waals surface area contributed by atoms with Gasteiger partial charge >= 0.3 is 0 Å². The van der Waals surface area contributed by atoms with Crippen molar-refractivity contribution < 1.29 is 14.3 Å². The second-order valence-electron chi connectivity index (χ2n) is 5.14. The van der Waals surface area contributed by atoms with Gasteiger partial charge in [0.05, 0.1) is 7.11 Å². The molecule has 0 radical (unpaired) electrons. The van der Waals surface area contributed by atoms with Crippen molar-refractivity contribution in [2.75, 3.05) is 7.11 Å². The lowest BCUT2D eigenvalue weighted by Crippen LogP contribution is -2.35. The van der Waals surface area contributed by atoms with Crippen LogP contribution < -0.4 is 14.8 Å².